The lowest BCUT2D eigenvalue weighted by atomic mass is 9.87. The average molecular weight is 370 g/mol. The van der Waals surface area contributed by atoms with Gasteiger partial charge in [0.2, 0.25) is 5.95 Å². The molecule has 27 heavy (non-hydrogen) atoms. The minimum absolute atomic E-state index is 0.154. The van der Waals surface area contributed by atoms with E-state index in [0.29, 0.717) is 5.95 Å². The second-order valence-electron chi connectivity index (χ2n) is 8.05. The lowest BCUT2D eigenvalue weighted by molar-refractivity contribution is 0.0398. The van der Waals surface area contributed by atoms with Gasteiger partial charge in [-0.3, -0.25) is 4.90 Å². The summed E-state index contributed by atoms with van der Waals surface area (Å²) < 4.78 is 5.38. The first-order valence-corrected chi connectivity index (χ1v) is 9.67. The quantitative estimate of drug-likeness (QED) is 0.812. The second kappa shape index (κ2) is 8.67. The van der Waals surface area contributed by atoms with Crippen molar-refractivity contribution in [2.75, 3.05) is 50.0 Å². The van der Waals surface area contributed by atoms with Gasteiger partial charge in [0.15, 0.2) is 0 Å². The Kier molecular flexibility index (Phi) is 6.29. The molecule has 1 saturated heterocycles. The zero-order valence-electron chi connectivity index (χ0n) is 16.9. The summed E-state index contributed by atoms with van der Waals surface area (Å²) in [5, 5.41) is 6.73. The summed E-state index contributed by atoms with van der Waals surface area (Å²) in [6.07, 6.45) is 0. The number of benzene rings is 1. The molecule has 2 aromatic rings. The SMILES string of the molecule is Cc1cc(Nc2ccc(C(C)(C)C)cc2)nc(NCCN2CCOCC2)n1. The minimum atomic E-state index is 0.154. The highest BCUT2D eigenvalue weighted by atomic mass is 16.5. The third-order valence-corrected chi connectivity index (χ3v) is 4.69. The van der Waals surface area contributed by atoms with Crippen LogP contribution in [0.25, 0.3) is 0 Å². The van der Waals surface area contributed by atoms with Crippen molar-refractivity contribution >= 4 is 17.5 Å². The number of ether oxygens (including phenoxy) is 1. The van der Waals surface area contributed by atoms with Crippen molar-refractivity contribution in [2.45, 2.75) is 33.1 Å². The first-order valence-electron chi connectivity index (χ1n) is 9.67. The van der Waals surface area contributed by atoms with E-state index in [1.54, 1.807) is 0 Å². The van der Waals surface area contributed by atoms with Gasteiger partial charge in [0.05, 0.1) is 13.2 Å². The summed E-state index contributed by atoms with van der Waals surface area (Å²) in [4.78, 5) is 11.5. The zero-order chi connectivity index (χ0) is 19.3. The van der Waals surface area contributed by atoms with Crippen LogP contribution in [0.2, 0.25) is 0 Å². The molecule has 3 rings (SSSR count). The summed E-state index contributed by atoms with van der Waals surface area (Å²) in [7, 11) is 0. The van der Waals surface area contributed by atoms with Crippen molar-refractivity contribution in [3.8, 4) is 0 Å². The number of nitrogens with zero attached hydrogens (tertiary/aromatic N) is 3. The molecule has 1 aliphatic heterocycles. The minimum Gasteiger partial charge on any atom is -0.379 e. The third kappa shape index (κ3) is 5.91. The summed E-state index contributed by atoms with van der Waals surface area (Å²) >= 11 is 0. The average Bonchev–Trinajstić information content (AvgIpc) is 2.62. The largest absolute Gasteiger partial charge is 0.379 e. The molecule has 0 saturated carbocycles. The highest BCUT2D eigenvalue weighted by Crippen LogP contribution is 2.24. The van der Waals surface area contributed by atoms with E-state index in [2.05, 4.69) is 70.5 Å². The molecule has 6 heteroatoms. The van der Waals surface area contributed by atoms with Crippen LogP contribution in [0.3, 0.4) is 0 Å². The summed E-state index contributed by atoms with van der Waals surface area (Å²) in [6, 6.07) is 10.5. The van der Waals surface area contributed by atoms with Gasteiger partial charge in [-0.05, 0) is 30.0 Å². The molecule has 2 heterocycles. The molecule has 1 fully saturated rings. The zero-order valence-corrected chi connectivity index (χ0v) is 16.9. The maximum absolute atomic E-state index is 5.38. The molecule has 2 N–H and O–H groups in total. The molecule has 0 unspecified atom stereocenters. The first-order chi connectivity index (χ1) is 12.9. The van der Waals surface area contributed by atoms with Crippen LogP contribution >= 0.6 is 0 Å². The Morgan fingerprint density at radius 1 is 1.07 bits per heavy atom. The maximum atomic E-state index is 5.38. The van der Waals surface area contributed by atoms with Gasteiger partial charge >= 0.3 is 0 Å². The van der Waals surface area contributed by atoms with E-state index in [0.717, 1.165) is 56.6 Å². The molecular formula is C21H31N5O. The van der Waals surface area contributed by atoms with Gasteiger partial charge in [0.25, 0.3) is 0 Å². The molecule has 1 aliphatic rings. The topological polar surface area (TPSA) is 62.3 Å². The maximum Gasteiger partial charge on any atom is 0.224 e. The molecular weight excluding hydrogens is 338 g/mol. The Balaban J connectivity index is 1.59. The molecule has 0 spiro atoms. The van der Waals surface area contributed by atoms with Crippen molar-refractivity contribution in [1.29, 1.82) is 0 Å². The van der Waals surface area contributed by atoms with Crippen LogP contribution in [-0.4, -0.2) is 54.3 Å². The fourth-order valence-electron chi connectivity index (χ4n) is 3.06. The molecule has 0 amide bonds. The second-order valence-corrected chi connectivity index (χ2v) is 8.05. The van der Waals surface area contributed by atoms with E-state index in [4.69, 9.17) is 4.74 Å². The molecule has 146 valence electrons. The molecule has 1 aromatic heterocycles. The first kappa shape index (κ1) is 19.6. The Morgan fingerprint density at radius 3 is 2.44 bits per heavy atom. The van der Waals surface area contributed by atoms with Crippen LogP contribution in [0.5, 0.6) is 0 Å². The monoisotopic (exact) mass is 369 g/mol. The van der Waals surface area contributed by atoms with Crippen LogP contribution in [0.4, 0.5) is 17.5 Å². The van der Waals surface area contributed by atoms with Gasteiger partial charge in [-0.1, -0.05) is 32.9 Å². The van der Waals surface area contributed by atoms with Gasteiger partial charge < -0.3 is 15.4 Å². The number of rotatable bonds is 6. The molecule has 0 bridgehead atoms. The van der Waals surface area contributed by atoms with Crippen LogP contribution in [0.1, 0.15) is 32.0 Å². The predicted octanol–water partition coefficient (Wildman–Crippen LogP) is 3.57. The Hall–Kier alpha value is -2.18. The van der Waals surface area contributed by atoms with E-state index < -0.39 is 0 Å². The van der Waals surface area contributed by atoms with Crippen LogP contribution in [-0.2, 0) is 10.2 Å². The lowest BCUT2D eigenvalue weighted by Crippen LogP contribution is -2.39. The molecule has 0 radical (unpaired) electrons. The van der Waals surface area contributed by atoms with E-state index in [-0.39, 0.29) is 5.41 Å². The lowest BCUT2D eigenvalue weighted by Gasteiger charge is -2.26. The fraction of sp³-hybridized carbons (Fsp3) is 0.524. The van der Waals surface area contributed by atoms with Gasteiger partial charge in [-0.15, -0.1) is 0 Å². The predicted molar refractivity (Wildman–Crippen MR) is 111 cm³/mol. The van der Waals surface area contributed by atoms with E-state index in [1.165, 1.54) is 5.56 Å². The Labute approximate surface area is 162 Å². The fourth-order valence-corrected chi connectivity index (χ4v) is 3.06. The smallest absolute Gasteiger partial charge is 0.224 e. The molecule has 0 atom stereocenters. The van der Waals surface area contributed by atoms with E-state index in [1.807, 2.05) is 13.0 Å². The number of morpholine rings is 1. The third-order valence-electron chi connectivity index (χ3n) is 4.69. The highest BCUT2D eigenvalue weighted by Gasteiger charge is 2.13. The van der Waals surface area contributed by atoms with E-state index in [9.17, 15) is 0 Å². The highest BCUT2D eigenvalue weighted by molar-refractivity contribution is 5.58. The van der Waals surface area contributed by atoms with Gasteiger partial charge in [0, 0.05) is 43.6 Å². The van der Waals surface area contributed by atoms with Gasteiger partial charge in [0.1, 0.15) is 5.82 Å². The number of anilines is 3. The van der Waals surface area contributed by atoms with Crippen molar-refractivity contribution in [1.82, 2.24) is 14.9 Å². The van der Waals surface area contributed by atoms with Crippen molar-refractivity contribution in [2.24, 2.45) is 0 Å². The standard InChI is InChI=1S/C21H31N5O/c1-16-15-19(24-18-7-5-17(6-8-18)21(2,3)4)25-20(23-16)22-9-10-26-11-13-27-14-12-26/h5-8,15H,9-14H2,1-4H3,(H2,22,23,24,25). The molecule has 0 aliphatic carbocycles. The molecule has 6 nitrogen and oxygen atoms in total. The summed E-state index contributed by atoms with van der Waals surface area (Å²) in [6.45, 7) is 14.1. The van der Waals surface area contributed by atoms with Crippen LogP contribution < -0.4 is 10.6 Å². The van der Waals surface area contributed by atoms with E-state index >= 15 is 0 Å². The van der Waals surface area contributed by atoms with Crippen molar-refractivity contribution < 1.29 is 4.74 Å². The van der Waals surface area contributed by atoms with Gasteiger partial charge in [-0.25, -0.2) is 4.98 Å². The number of nitrogens with one attached hydrogen (secondary N) is 2. The normalized spacial score (nSPS) is 15.6. The van der Waals surface area contributed by atoms with Crippen molar-refractivity contribution in [3.63, 3.8) is 0 Å². The van der Waals surface area contributed by atoms with Crippen LogP contribution in [0, 0.1) is 6.92 Å². The molecule has 1 aromatic carbocycles. The Bertz CT molecular complexity index is 733. The van der Waals surface area contributed by atoms with Gasteiger partial charge in [-0.2, -0.15) is 4.98 Å². The number of hydrogen-bond donors (Lipinski definition) is 2. The Morgan fingerprint density at radius 2 is 1.78 bits per heavy atom. The van der Waals surface area contributed by atoms with Crippen molar-refractivity contribution in [3.05, 3.63) is 41.6 Å². The number of hydrogen-bond acceptors (Lipinski definition) is 6. The number of aryl methyl sites for hydroxylation is 1. The number of aromatic nitrogens is 2. The summed E-state index contributed by atoms with van der Waals surface area (Å²) in [5.41, 5.74) is 3.44. The van der Waals surface area contributed by atoms with Crippen LogP contribution in [0.15, 0.2) is 30.3 Å². The summed E-state index contributed by atoms with van der Waals surface area (Å²) in [5.74, 6) is 1.47.